The number of ketones is 1. The van der Waals surface area contributed by atoms with Crippen molar-refractivity contribution in [3.05, 3.63) is 76.9 Å². The van der Waals surface area contributed by atoms with Gasteiger partial charge >= 0.3 is 0 Å². The predicted octanol–water partition coefficient (Wildman–Crippen LogP) is 4.62. The minimum atomic E-state index is -0.383. The van der Waals surface area contributed by atoms with Crippen LogP contribution in [0.25, 0.3) is 11.4 Å². The number of thiazole rings is 1. The quantitative estimate of drug-likeness (QED) is 0.509. The van der Waals surface area contributed by atoms with Gasteiger partial charge in [0.15, 0.2) is 5.13 Å². The van der Waals surface area contributed by atoms with Crippen molar-refractivity contribution in [3.63, 3.8) is 0 Å². The van der Waals surface area contributed by atoms with E-state index in [0.717, 1.165) is 5.56 Å². The van der Waals surface area contributed by atoms with Gasteiger partial charge in [-0.2, -0.15) is 4.98 Å². The van der Waals surface area contributed by atoms with Crippen LogP contribution < -0.4 is 5.32 Å². The second-order valence-electron chi connectivity index (χ2n) is 5.68. The number of nitrogens with zero attached hydrogens (tertiary/aromatic N) is 3. The van der Waals surface area contributed by atoms with E-state index < -0.39 is 0 Å². The van der Waals surface area contributed by atoms with Crippen LogP contribution in [-0.4, -0.2) is 20.9 Å². The van der Waals surface area contributed by atoms with Crippen molar-refractivity contribution in [2.24, 2.45) is 0 Å². The zero-order valence-corrected chi connectivity index (χ0v) is 15.0. The topological polar surface area (TPSA) is 80.9 Å². The molecule has 2 heterocycles. The fourth-order valence-electron chi connectivity index (χ4n) is 2.43. The number of aromatic nitrogens is 3. The highest BCUT2D eigenvalue weighted by molar-refractivity contribution is 7.17. The highest BCUT2D eigenvalue weighted by atomic mass is 32.1. The first kappa shape index (κ1) is 17.0. The molecule has 134 valence electrons. The van der Waals surface area contributed by atoms with E-state index in [2.05, 4.69) is 20.4 Å². The SMILES string of the molecule is Cc1nc(Nc2ccc(F)cc2)sc1C(=O)c1nc(-c2ccccc2)no1. The van der Waals surface area contributed by atoms with Crippen molar-refractivity contribution < 1.29 is 13.7 Å². The summed E-state index contributed by atoms with van der Waals surface area (Å²) in [5.41, 5.74) is 1.99. The Hall–Kier alpha value is -3.39. The van der Waals surface area contributed by atoms with E-state index in [1.807, 2.05) is 30.3 Å². The molecule has 0 spiro atoms. The zero-order chi connectivity index (χ0) is 18.8. The summed E-state index contributed by atoms with van der Waals surface area (Å²) in [5, 5.41) is 7.44. The largest absolute Gasteiger partial charge is 0.332 e. The van der Waals surface area contributed by atoms with Crippen LogP contribution in [0.1, 0.15) is 21.3 Å². The lowest BCUT2D eigenvalue weighted by Gasteiger charge is -2.00. The minimum Gasteiger partial charge on any atom is -0.332 e. The van der Waals surface area contributed by atoms with E-state index in [4.69, 9.17) is 4.52 Å². The van der Waals surface area contributed by atoms with Crippen LogP contribution >= 0.6 is 11.3 Å². The number of rotatable bonds is 5. The molecule has 0 aliphatic carbocycles. The van der Waals surface area contributed by atoms with Crippen LogP contribution in [0.15, 0.2) is 59.1 Å². The lowest BCUT2D eigenvalue weighted by Crippen LogP contribution is -2.01. The Morgan fingerprint density at radius 3 is 2.56 bits per heavy atom. The van der Waals surface area contributed by atoms with Gasteiger partial charge < -0.3 is 9.84 Å². The number of carbonyl (C=O) groups excluding carboxylic acids is 1. The molecule has 0 aliphatic heterocycles. The maximum absolute atomic E-state index is 13.0. The molecule has 1 N–H and O–H groups in total. The van der Waals surface area contributed by atoms with Crippen LogP contribution in [0, 0.1) is 12.7 Å². The average Bonchev–Trinajstić information content (AvgIpc) is 3.31. The molecule has 0 fully saturated rings. The average molecular weight is 380 g/mol. The van der Waals surface area contributed by atoms with Crippen LogP contribution in [0.3, 0.4) is 0 Å². The second-order valence-corrected chi connectivity index (χ2v) is 6.68. The third-order valence-corrected chi connectivity index (χ3v) is 4.82. The van der Waals surface area contributed by atoms with Crippen molar-refractivity contribution in [1.82, 2.24) is 15.1 Å². The number of benzene rings is 2. The Bertz CT molecular complexity index is 1090. The summed E-state index contributed by atoms with van der Waals surface area (Å²) in [4.78, 5) is 21.7. The Balaban J connectivity index is 1.57. The molecule has 4 aromatic rings. The van der Waals surface area contributed by atoms with Gasteiger partial charge in [0.25, 0.3) is 11.7 Å². The van der Waals surface area contributed by atoms with Crippen molar-refractivity contribution in [1.29, 1.82) is 0 Å². The zero-order valence-electron chi connectivity index (χ0n) is 14.1. The predicted molar refractivity (Wildman–Crippen MR) is 99.7 cm³/mol. The van der Waals surface area contributed by atoms with Crippen molar-refractivity contribution in [2.75, 3.05) is 5.32 Å². The molecule has 27 heavy (non-hydrogen) atoms. The lowest BCUT2D eigenvalue weighted by atomic mass is 10.2. The summed E-state index contributed by atoms with van der Waals surface area (Å²) >= 11 is 1.17. The Morgan fingerprint density at radius 1 is 1.07 bits per heavy atom. The second kappa shape index (κ2) is 7.08. The van der Waals surface area contributed by atoms with Gasteiger partial charge in [0.2, 0.25) is 5.82 Å². The maximum atomic E-state index is 13.0. The molecule has 6 nitrogen and oxygen atoms in total. The summed E-state index contributed by atoms with van der Waals surface area (Å²) in [6, 6.07) is 15.1. The molecule has 0 saturated heterocycles. The molecule has 8 heteroatoms. The number of hydrogen-bond donors (Lipinski definition) is 1. The standard InChI is InChI=1S/C19H13FN4O2S/c1-11-16(27-19(21-11)22-14-9-7-13(20)8-10-14)15(25)18-23-17(24-26-18)12-5-3-2-4-6-12/h2-10H,1H3,(H,21,22). The van der Waals surface area contributed by atoms with Crippen molar-refractivity contribution in [3.8, 4) is 11.4 Å². The van der Waals surface area contributed by atoms with Gasteiger partial charge in [0.05, 0.1) is 5.69 Å². The van der Waals surface area contributed by atoms with Gasteiger partial charge in [-0.05, 0) is 31.2 Å². The molecule has 0 saturated carbocycles. The maximum Gasteiger partial charge on any atom is 0.300 e. The van der Waals surface area contributed by atoms with Gasteiger partial charge in [-0.15, -0.1) is 0 Å². The fraction of sp³-hybridized carbons (Fsp3) is 0.0526. The Morgan fingerprint density at radius 2 is 1.81 bits per heavy atom. The highest BCUT2D eigenvalue weighted by Crippen LogP contribution is 2.28. The number of carbonyl (C=O) groups is 1. The molecule has 4 rings (SSSR count). The molecule has 2 aromatic carbocycles. The lowest BCUT2D eigenvalue weighted by molar-refractivity contribution is 0.0997. The van der Waals surface area contributed by atoms with Gasteiger partial charge in [0, 0.05) is 11.3 Å². The summed E-state index contributed by atoms with van der Waals surface area (Å²) < 4.78 is 18.1. The Labute approximate surface area is 157 Å². The van der Waals surface area contributed by atoms with E-state index in [0.29, 0.717) is 27.2 Å². The number of anilines is 2. The molecule has 0 amide bonds. The first-order valence-corrected chi connectivity index (χ1v) is 8.85. The third kappa shape index (κ3) is 3.61. The molecule has 2 aromatic heterocycles. The first-order valence-electron chi connectivity index (χ1n) is 8.04. The fourth-order valence-corrected chi connectivity index (χ4v) is 3.35. The third-order valence-electron chi connectivity index (χ3n) is 3.75. The number of aryl methyl sites for hydroxylation is 1. The minimum absolute atomic E-state index is 0.0889. The van der Waals surface area contributed by atoms with Crippen LogP contribution in [0.4, 0.5) is 15.2 Å². The van der Waals surface area contributed by atoms with E-state index in [1.54, 1.807) is 19.1 Å². The molecule has 0 radical (unpaired) electrons. The summed E-state index contributed by atoms with van der Waals surface area (Å²) in [6.45, 7) is 1.73. The normalized spacial score (nSPS) is 10.7. The van der Waals surface area contributed by atoms with Gasteiger partial charge in [-0.3, -0.25) is 4.79 Å². The monoisotopic (exact) mass is 380 g/mol. The molecule has 0 atom stereocenters. The highest BCUT2D eigenvalue weighted by Gasteiger charge is 2.23. The summed E-state index contributed by atoms with van der Waals surface area (Å²) in [7, 11) is 0. The van der Waals surface area contributed by atoms with E-state index >= 15 is 0 Å². The number of hydrogen-bond acceptors (Lipinski definition) is 7. The van der Waals surface area contributed by atoms with Crippen LogP contribution in [0.5, 0.6) is 0 Å². The van der Waals surface area contributed by atoms with Crippen molar-refractivity contribution >= 4 is 27.9 Å². The molecular weight excluding hydrogens is 367 g/mol. The van der Waals surface area contributed by atoms with Crippen LogP contribution in [0.2, 0.25) is 0 Å². The van der Waals surface area contributed by atoms with Crippen LogP contribution in [-0.2, 0) is 0 Å². The van der Waals surface area contributed by atoms with E-state index in [-0.39, 0.29) is 17.5 Å². The van der Waals surface area contributed by atoms with Gasteiger partial charge in [0.1, 0.15) is 10.7 Å². The summed E-state index contributed by atoms with van der Waals surface area (Å²) in [5.74, 6) is -0.441. The Kier molecular flexibility index (Phi) is 4.47. The molecular formula is C19H13FN4O2S. The van der Waals surface area contributed by atoms with Gasteiger partial charge in [-0.25, -0.2) is 9.37 Å². The van der Waals surface area contributed by atoms with Crippen molar-refractivity contribution in [2.45, 2.75) is 6.92 Å². The molecule has 0 bridgehead atoms. The molecule has 0 aliphatic rings. The molecule has 0 unspecified atom stereocenters. The smallest absolute Gasteiger partial charge is 0.300 e. The van der Waals surface area contributed by atoms with E-state index in [9.17, 15) is 9.18 Å². The number of nitrogens with one attached hydrogen (secondary N) is 1. The first-order chi connectivity index (χ1) is 13.1. The number of halogens is 1. The summed E-state index contributed by atoms with van der Waals surface area (Å²) in [6.07, 6.45) is 0. The van der Waals surface area contributed by atoms with Gasteiger partial charge in [-0.1, -0.05) is 46.8 Å². The van der Waals surface area contributed by atoms with E-state index in [1.165, 1.54) is 23.5 Å².